The Hall–Kier alpha value is -0.740. The fraction of sp³-hybridized carbons (Fsp3) is 0.455. The lowest BCUT2D eigenvalue weighted by Gasteiger charge is -2.05. The number of benzene rings is 1. The SMILES string of the molecule is COc1ccc(CSCCCO)c(F)c1. The molecular weight excluding hydrogens is 215 g/mol. The Kier molecular flexibility index (Phi) is 5.50. The van der Waals surface area contributed by atoms with E-state index in [0.29, 0.717) is 17.1 Å². The van der Waals surface area contributed by atoms with E-state index in [1.165, 1.54) is 13.2 Å². The summed E-state index contributed by atoms with van der Waals surface area (Å²) in [6.45, 7) is 0.193. The fourth-order valence-corrected chi connectivity index (χ4v) is 2.05. The number of hydrogen-bond acceptors (Lipinski definition) is 3. The molecule has 1 aromatic rings. The summed E-state index contributed by atoms with van der Waals surface area (Å²) in [5.74, 6) is 1.79. The molecule has 0 fully saturated rings. The van der Waals surface area contributed by atoms with Crippen molar-refractivity contribution < 1.29 is 14.2 Å². The smallest absolute Gasteiger partial charge is 0.130 e. The molecule has 1 aromatic carbocycles. The van der Waals surface area contributed by atoms with Gasteiger partial charge in [-0.05, 0) is 23.8 Å². The molecular formula is C11H15FO2S. The minimum Gasteiger partial charge on any atom is -0.497 e. The highest BCUT2D eigenvalue weighted by Crippen LogP contribution is 2.20. The summed E-state index contributed by atoms with van der Waals surface area (Å²) in [6, 6.07) is 4.88. The third kappa shape index (κ3) is 4.10. The minimum absolute atomic E-state index is 0.193. The first-order valence-corrected chi connectivity index (χ1v) is 5.94. The Morgan fingerprint density at radius 3 is 2.87 bits per heavy atom. The zero-order chi connectivity index (χ0) is 11.1. The zero-order valence-corrected chi connectivity index (χ0v) is 9.52. The number of methoxy groups -OCH3 is 1. The van der Waals surface area contributed by atoms with Gasteiger partial charge in [-0.2, -0.15) is 11.8 Å². The lowest BCUT2D eigenvalue weighted by atomic mass is 10.2. The minimum atomic E-state index is -0.231. The molecule has 0 bridgehead atoms. The first kappa shape index (κ1) is 12.3. The van der Waals surface area contributed by atoms with Crippen LogP contribution in [0.15, 0.2) is 18.2 Å². The molecule has 4 heteroatoms. The van der Waals surface area contributed by atoms with E-state index in [1.54, 1.807) is 23.9 Å². The van der Waals surface area contributed by atoms with Gasteiger partial charge >= 0.3 is 0 Å². The van der Waals surface area contributed by atoms with E-state index in [1.807, 2.05) is 0 Å². The quantitative estimate of drug-likeness (QED) is 0.761. The van der Waals surface area contributed by atoms with Gasteiger partial charge in [-0.3, -0.25) is 0 Å². The maximum absolute atomic E-state index is 13.4. The molecule has 2 nitrogen and oxygen atoms in total. The Balaban J connectivity index is 2.47. The number of thioether (sulfide) groups is 1. The van der Waals surface area contributed by atoms with Crippen LogP contribution in [0.1, 0.15) is 12.0 Å². The topological polar surface area (TPSA) is 29.5 Å². The second-order valence-electron chi connectivity index (χ2n) is 3.09. The number of ether oxygens (including phenoxy) is 1. The summed E-state index contributed by atoms with van der Waals surface area (Å²) in [5, 5.41) is 8.58. The largest absolute Gasteiger partial charge is 0.497 e. The number of aliphatic hydroxyl groups is 1. The van der Waals surface area contributed by atoms with Crippen molar-refractivity contribution in [3.05, 3.63) is 29.6 Å². The molecule has 1 rings (SSSR count). The van der Waals surface area contributed by atoms with Gasteiger partial charge in [-0.15, -0.1) is 0 Å². The van der Waals surface area contributed by atoms with Crippen LogP contribution in [0.2, 0.25) is 0 Å². The molecule has 0 aromatic heterocycles. The van der Waals surface area contributed by atoms with Crippen molar-refractivity contribution in [2.45, 2.75) is 12.2 Å². The molecule has 0 aliphatic heterocycles. The zero-order valence-electron chi connectivity index (χ0n) is 8.70. The average molecular weight is 230 g/mol. The number of halogens is 1. The number of rotatable bonds is 6. The first-order valence-electron chi connectivity index (χ1n) is 4.79. The van der Waals surface area contributed by atoms with Crippen LogP contribution in [0.3, 0.4) is 0 Å². The van der Waals surface area contributed by atoms with E-state index < -0.39 is 0 Å². The lowest BCUT2D eigenvalue weighted by molar-refractivity contribution is 0.296. The molecule has 0 unspecified atom stereocenters. The maximum atomic E-state index is 13.4. The molecule has 84 valence electrons. The molecule has 0 radical (unpaired) electrons. The maximum Gasteiger partial charge on any atom is 0.130 e. The van der Waals surface area contributed by atoms with Crippen LogP contribution in [-0.4, -0.2) is 24.6 Å². The van der Waals surface area contributed by atoms with E-state index in [2.05, 4.69) is 0 Å². The third-order valence-electron chi connectivity index (χ3n) is 1.96. The summed E-state index contributed by atoms with van der Waals surface area (Å²) in [7, 11) is 1.52. The first-order chi connectivity index (χ1) is 7.27. The van der Waals surface area contributed by atoms with Gasteiger partial charge in [0.2, 0.25) is 0 Å². The van der Waals surface area contributed by atoms with E-state index in [0.717, 1.165) is 12.2 Å². The molecule has 0 aliphatic carbocycles. The second kappa shape index (κ2) is 6.69. The summed E-state index contributed by atoms with van der Waals surface area (Å²) in [6.07, 6.45) is 0.752. The van der Waals surface area contributed by atoms with E-state index in [-0.39, 0.29) is 12.4 Å². The van der Waals surface area contributed by atoms with E-state index in [4.69, 9.17) is 9.84 Å². The standard InChI is InChI=1S/C11H15FO2S/c1-14-10-4-3-9(11(12)7-10)8-15-6-2-5-13/h3-4,7,13H,2,5-6,8H2,1H3. The third-order valence-corrected chi connectivity index (χ3v) is 3.06. The molecule has 0 aliphatic rings. The molecule has 0 heterocycles. The van der Waals surface area contributed by atoms with Crippen molar-refractivity contribution in [1.82, 2.24) is 0 Å². The Morgan fingerprint density at radius 2 is 2.27 bits per heavy atom. The Morgan fingerprint density at radius 1 is 1.47 bits per heavy atom. The van der Waals surface area contributed by atoms with Crippen LogP contribution in [0.25, 0.3) is 0 Å². The summed E-state index contributed by atoms with van der Waals surface area (Å²) in [5.41, 5.74) is 0.679. The van der Waals surface area contributed by atoms with Gasteiger partial charge in [0.15, 0.2) is 0 Å². The highest BCUT2D eigenvalue weighted by atomic mass is 32.2. The summed E-state index contributed by atoms with van der Waals surface area (Å²) < 4.78 is 18.3. The number of aliphatic hydroxyl groups excluding tert-OH is 1. The summed E-state index contributed by atoms with van der Waals surface area (Å²) >= 11 is 1.62. The second-order valence-corrected chi connectivity index (χ2v) is 4.19. The van der Waals surface area contributed by atoms with E-state index in [9.17, 15) is 4.39 Å². The predicted octanol–water partition coefficient (Wildman–Crippen LogP) is 2.45. The van der Waals surface area contributed by atoms with Crippen molar-refractivity contribution in [3.63, 3.8) is 0 Å². The van der Waals surface area contributed by atoms with Crippen molar-refractivity contribution in [2.24, 2.45) is 0 Å². The van der Waals surface area contributed by atoms with Crippen LogP contribution in [-0.2, 0) is 5.75 Å². The van der Waals surface area contributed by atoms with Crippen LogP contribution in [0.4, 0.5) is 4.39 Å². The van der Waals surface area contributed by atoms with Crippen molar-refractivity contribution in [3.8, 4) is 5.75 Å². The van der Waals surface area contributed by atoms with Gasteiger partial charge in [0.25, 0.3) is 0 Å². The van der Waals surface area contributed by atoms with Gasteiger partial charge in [-0.25, -0.2) is 4.39 Å². The van der Waals surface area contributed by atoms with Crippen LogP contribution in [0, 0.1) is 5.82 Å². The van der Waals surface area contributed by atoms with E-state index >= 15 is 0 Å². The molecule has 0 spiro atoms. The van der Waals surface area contributed by atoms with Gasteiger partial charge in [0.05, 0.1) is 7.11 Å². The van der Waals surface area contributed by atoms with Gasteiger partial charge in [0.1, 0.15) is 11.6 Å². The predicted molar refractivity (Wildman–Crippen MR) is 60.8 cm³/mol. The monoisotopic (exact) mass is 230 g/mol. The van der Waals surface area contributed by atoms with Crippen molar-refractivity contribution in [2.75, 3.05) is 19.5 Å². The molecule has 0 atom stereocenters. The molecule has 0 saturated heterocycles. The summed E-state index contributed by atoms with van der Waals surface area (Å²) in [4.78, 5) is 0. The highest BCUT2D eigenvalue weighted by molar-refractivity contribution is 7.98. The van der Waals surface area contributed by atoms with Gasteiger partial charge in [0, 0.05) is 18.4 Å². The molecule has 1 N–H and O–H groups in total. The average Bonchev–Trinajstić information content (AvgIpc) is 2.26. The number of hydrogen-bond donors (Lipinski definition) is 1. The van der Waals surface area contributed by atoms with Gasteiger partial charge in [-0.1, -0.05) is 6.07 Å². The molecule has 15 heavy (non-hydrogen) atoms. The van der Waals surface area contributed by atoms with Gasteiger partial charge < -0.3 is 9.84 Å². The lowest BCUT2D eigenvalue weighted by Crippen LogP contribution is -1.92. The Labute approximate surface area is 93.5 Å². The van der Waals surface area contributed by atoms with Crippen LogP contribution >= 0.6 is 11.8 Å². The normalized spacial score (nSPS) is 10.3. The van der Waals surface area contributed by atoms with Crippen LogP contribution < -0.4 is 4.74 Å². The molecule has 0 amide bonds. The highest BCUT2D eigenvalue weighted by Gasteiger charge is 2.03. The van der Waals surface area contributed by atoms with Crippen molar-refractivity contribution in [1.29, 1.82) is 0 Å². The fourth-order valence-electron chi connectivity index (χ4n) is 1.12. The molecule has 0 saturated carbocycles. The Bertz CT molecular complexity index is 305. The van der Waals surface area contributed by atoms with Crippen molar-refractivity contribution >= 4 is 11.8 Å². The van der Waals surface area contributed by atoms with Crippen LogP contribution in [0.5, 0.6) is 5.75 Å².